The molecule has 1 aliphatic rings. The van der Waals surface area contributed by atoms with Gasteiger partial charge in [0.15, 0.2) is 0 Å². The Morgan fingerprint density at radius 2 is 1.71 bits per heavy atom. The van der Waals surface area contributed by atoms with Crippen molar-refractivity contribution in [2.24, 2.45) is 5.10 Å². The Morgan fingerprint density at radius 3 is 2.40 bits per heavy atom. The number of rotatable bonds is 7. The number of phenols is 1. The number of hydrogen-bond acceptors (Lipinski definition) is 10. The number of nitrogens with zero attached hydrogens (tertiary/aromatic N) is 6. The van der Waals surface area contributed by atoms with Crippen molar-refractivity contribution in [1.82, 2.24) is 15.0 Å². The van der Waals surface area contributed by atoms with Crippen LogP contribution in [0.5, 0.6) is 5.75 Å². The second kappa shape index (κ2) is 11.7. The molecular formula is C22H22I2N8O3. The first-order valence-electron chi connectivity index (χ1n) is 10.9. The van der Waals surface area contributed by atoms with E-state index < -0.39 is 4.92 Å². The van der Waals surface area contributed by atoms with Crippen LogP contribution in [0, 0.1) is 17.3 Å². The molecule has 0 bridgehead atoms. The summed E-state index contributed by atoms with van der Waals surface area (Å²) in [5, 5.41) is 28.5. The zero-order valence-corrected chi connectivity index (χ0v) is 22.8. The van der Waals surface area contributed by atoms with Gasteiger partial charge in [-0.15, -0.1) is 0 Å². The van der Waals surface area contributed by atoms with Crippen LogP contribution < -0.4 is 15.6 Å². The monoisotopic (exact) mass is 700 g/mol. The van der Waals surface area contributed by atoms with E-state index in [1.165, 1.54) is 31.2 Å². The molecule has 1 aliphatic heterocycles. The highest BCUT2D eigenvalue weighted by Gasteiger charge is 2.16. The molecule has 0 amide bonds. The summed E-state index contributed by atoms with van der Waals surface area (Å²) in [5.41, 5.74) is 4.02. The Kier molecular flexibility index (Phi) is 8.48. The van der Waals surface area contributed by atoms with Crippen LogP contribution in [0.3, 0.4) is 0 Å². The van der Waals surface area contributed by atoms with Crippen molar-refractivity contribution >= 4 is 80.6 Å². The molecule has 0 aliphatic carbocycles. The summed E-state index contributed by atoms with van der Waals surface area (Å²) < 4.78 is 1.71. The number of nitro groups is 1. The van der Waals surface area contributed by atoms with E-state index in [9.17, 15) is 15.2 Å². The van der Waals surface area contributed by atoms with E-state index in [2.05, 4.69) is 80.9 Å². The number of halogens is 2. The highest BCUT2D eigenvalue weighted by molar-refractivity contribution is 14.1. The van der Waals surface area contributed by atoms with Gasteiger partial charge in [0, 0.05) is 40.0 Å². The molecule has 1 saturated heterocycles. The minimum atomic E-state index is -0.448. The minimum absolute atomic E-state index is 0.00151. The van der Waals surface area contributed by atoms with Gasteiger partial charge in [0.1, 0.15) is 5.75 Å². The third-order valence-corrected chi connectivity index (χ3v) is 6.72. The lowest BCUT2D eigenvalue weighted by Gasteiger charge is -2.21. The summed E-state index contributed by atoms with van der Waals surface area (Å²) in [6.45, 7) is 1.69. The van der Waals surface area contributed by atoms with Gasteiger partial charge in [0.2, 0.25) is 17.8 Å². The molecule has 0 spiro atoms. The first-order chi connectivity index (χ1) is 16.9. The van der Waals surface area contributed by atoms with E-state index in [1.54, 1.807) is 12.1 Å². The molecule has 4 rings (SSSR count). The van der Waals surface area contributed by atoms with Gasteiger partial charge in [0.05, 0.1) is 14.7 Å². The maximum absolute atomic E-state index is 10.9. The molecule has 13 heteroatoms. The number of hydrogen-bond donors (Lipinski definition) is 3. The molecule has 0 saturated carbocycles. The lowest BCUT2D eigenvalue weighted by molar-refractivity contribution is -0.384. The van der Waals surface area contributed by atoms with Crippen LogP contribution in [0.15, 0.2) is 41.5 Å². The first kappa shape index (κ1) is 25.3. The van der Waals surface area contributed by atoms with Crippen molar-refractivity contribution in [2.45, 2.75) is 25.7 Å². The molecule has 0 atom stereocenters. The first-order valence-corrected chi connectivity index (χ1v) is 13.0. The largest absolute Gasteiger partial charge is 0.506 e. The maximum atomic E-state index is 10.9. The predicted octanol–water partition coefficient (Wildman–Crippen LogP) is 5.26. The number of benzene rings is 2. The molecule has 11 nitrogen and oxygen atoms in total. The fraction of sp³-hybridized carbons (Fsp3) is 0.273. The molecule has 3 aromatic rings. The normalized spacial score (nSPS) is 14.1. The summed E-state index contributed by atoms with van der Waals surface area (Å²) in [6.07, 6.45) is 5.97. The van der Waals surface area contributed by atoms with E-state index in [4.69, 9.17) is 0 Å². The fourth-order valence-electron chi connectivity index (χ4n) is 3.52. The number of hydrazone groups is 1. The lowest BCUT2D eigenvalue weighted by Crippen LogP contribution is -2.26. The van der Waals surface area contributed by atoms with Crippen molar-refractivity contribution in [1.29, 1.82) is 0 Å². The van der Waals surface area contributed by atoms with Gasteiger partial charge < -0.3 is 15.3 Å². The fourth-order valence-corrected chi connectivity index (χ4v) is 5.41. The van der Waals surface area contributed by atoms with Crippen molar-refractivity contribution in [3.05, 3.63) is 59.2 Å². The van der Waals surface area contributed by atoms with Crippen LogP contribution in [-0.2, 0) is 0 Å². The van der Waals surface area contributed by atoms with E-state index >= 15 is 0 Å². The average molecular weight is 700 g/mol. The van der Waals surface area contributed by atoms with Crippen LogP contribution in [0.4, 0.5) is 29.2 Å². The Bertz CT molecular complexity index is 1230. The van der Waals surface area contributed by atoms with Crippen molar-refractivity contribution in [3.8, 4) is 5.75 Å². The molecule has 2 heterocycles. The third-order valence-electron chi connectivity index (χ3n) is 5.27. The molecule has 0 radical (unpaired) electrons. The van der Waals surface area contributed by atoms with E-state index in [0.29, 0.717) is 17.2 Å². The SMILES string of the molecule is O=[N+]([O-])c1ccc(Nc2nc(N/N=C\c3cc(I)cc(I)c3O)nc(N3CCCCCC3)n2)cc1. The Balaban J connectivity index is 1.60. The van der Waals surface area contributed by atoms with Crippen LogP contribution in [-0.4, -0.2) is 44.3 Å². The van der Waals surface area contributed by atoms with Crippen LogP contribution >= 0.6 is 45.2 Å². The zero-order chi connectivity index (χ0) is 24.8. The van der Waals surface area contributed by atoms with Crippen molar-refractivity contribution in [2.75, 3.05) is 28.7 Å². The lowest BCUT2D eigenvalue weighted by atomic mass is 10.2. The second-order valence-corrected chi connectivity index (χ2v) is 10.2. The summed E-state index contributed by atoms with van der Waals surface area (Å²) in [7, 11) is 0. The number of nitro benzene ring substituents is 1. The number of non-ortho nitro benzene ring substituents is 1. The zero-order valence-electron chi connectivity index (χ0n) is 18.5. The Morgan fingerprint density at radius 1 is 1.03 bits per heavy atom. The van der Waals surface area contributed by atoms with Crippen molar-refractivity contribution in [3.63, 3.8) is 0 Å². The van der Waals surface area contributed by atoms with Gasteiger partial charge in [0.25, 0.3) is 5.69 Å². The summed E-state index contributed by atoms with van der Waals surface area (Å²) in [4.78, 5) is 26.1. The molecule has 182 valence electrons. The molecule has 3 N–H and O–H groups in total. The van der Waals surface area contributed by atoms with Crippen LogP contribution in [0.25, 0.3) is 0 Å². The van der Waals surface area contributed by atoms with Crippen LogP contribution in [0.1, 0.15) is 31.2 Å². The summed E-state index contributed by atoms with van der Waals surface area (Å²) in [6, 6.07) is 9.72. The van der Waals surface area contributed by atoms with Gasteiger partial charge >= 0.3 is 0 Å². The molecular weight excluding hydrogens is 678 g/mol. The molecule has 2 aromatic carbocycles. The van der Waals surface area contributed by atoms with Crippen molar-refractivity contribution < 1.29 is 10.0 Å². The van der Waals surface area contributed by atoms with Gasteiger partial charge in [-0.05, 0) is 82.3 Å². The second-order valence-electron chi connectivity index (χ2n) is 7.81. The predicted molar refractivity (Wildman–Crippen MR) is 152 cm³/mol. The maximum Gasteiger partial charge on any atom is 0.269 e. The number of phenolic OH excluding ortho intramolecular Hbond substituents is 1. The quantitative estimate of drug-likeness (QED) is 0.130. The smallest absolute Gasteiger partial charge is 0.269 e. The topological polar surface area (TPSA) is 142 Å². The van der Waals surface area contributed by atoms with Crippen LogP contribution in [0.2, 0.25) is 0 Å². The summed E-state index contributed by atoms with van der Waals surface area (Å²) in [5.74, 6) is 1.20. The number of anilines is 4. The van der Waals surface area contributed by atoms with Gasteiger partial charge in [-0.25, -0.2) is 5.43 Å². The number of nitrogens with one attached hydrogen (secondary N) is 2. The van der Waals surface area contributed by atoms with Gasteiger partial charge in [-0.2, -0.15) is 20.1 Å². The van der Waals surface area contributed by atoms with E-state index in [0.717, 1.165) is 33.1 Å². The highest BCUT2D eigenvalue weighted by atomic mass is 127. The number of aromatic nitrogens is 3. The molecule has 1 fully saturated rings. The molecule has 1 aromatic heterocycles. The standard InChI is InChI=1S/C22H22I2N8O3/c23-15-11-14(19(33)18(24)12-15)13-25-30-21-27-20(26-16-5-7-17(8-6-16)32(34)35)28-22(29-21)31-9-3-1-2-4-10-31/h5-8,11-13,33H,1-4,9-10H2,(H2,26,27,28,29,30)/b25-13-. The third kappa shape index (κ3) is 6.87. The van der Waals surface area contributed by atoms with Gasteiger partial charge in [-0.3, -0.25) is 10.1 Å². The van der Waals surface area contributed by atoms with E-state index in [1.807, 2.05) is 12.1 Å². The molecule has 0 unspecified atom stereocenters. The average Bonchev–Trinajstić information content (AvgIpc) is 3.12. The Labute approximate surface area is 228 Å². The minimum Gasteiger partial charge on any atom is -0.506 e. The van der Waals surface area contributed by atoms with Gasteiger partial charge in [-0.1, -0.05) is 12.8 Å². The Hall–Kier alpha value is -2.82. The van der Waals surface area contributed by atoms with E-state index in [-0.39, 0.29) is 23.3 Å². The number of aromatic hydroxyl groups is 1. The highest BCUT2D eigenvalue weighted by Crippen LogP contribution is 2.26. The summed E-state index contributed by atoms with van der Waals surface area (Å²) >= 11 is 4.25. The molecule has 35 heavy (non-hydrogen) atoms.